The van der Waals surface area contributed by atoms with Crippen LogP contribution in [0.1, 0.15) is 11.1 Å². The first-order valence-electron chi connectivity index (χ1n) is 9.24. The van der Waals surface area contributed by atoms with Crippen LogP contribution in [0.3, 0.4) is 0 Å². The van der Waals surface area contributed by atoms with E-state index in [4.69, 9.17) is 4.74 Å². The summed E-state index contributed by atoms with van der Waals surface area (Å²) in [4.78, 5) is 32.0. The van der Waals surface area contributed by atoms with Gasteiger partial charge in [0.1, 0.15) is 11.4 Å². The van der Waals surface area contributed by atoms with Crippen LogP contribution in [0.15, 0.2) is 83.2 Å². The number of halogens is 1. The largest absolute Gasteiger partial charge is 0.496 e. The molecule has 0 atom stereocenters. The molecule has 0 fully saturated rings. The van der Waals surface area contributed by atoms with Gasteiger partial charge in [-0.15, -0.1) is 0 Å². The van der Waals surface area contributed by atoms with Gasteiger partial charge in [-0.25, -0.2) is 0 Å². The van der Waals surface area contributed by atoms with Crippen LogP contribution in [0.4, 0.5) is 5.69 Å². The van der Waals surface area contributed by atoms with Gasteiger partial charge < -0.3 is 10.1 Å². The number of rotatable bonds is 6. The summed E-state index contributed by atoms with van der Waals surface area (Å²) < 4.78 is 6.31. The Morgan fingerprint density at radius 2 is 1.87 bits per heavy atom. The van der Waals surface area contributed by atoms with Crippen molar-refractivity contribution in [3.8, 4) is 5.75 Å². The van der Waals surface area contributed by atoms with Crippen LogP contribution in [0.2, 0.25) is 0 Å². The Morgan fingerprint density at radius 3 is 2.60 bits per heavy atom. The fourth-order valence-electron chi connectivity index (χ4n) is 3.32. The highest BCUT2D eigenvalue weighted by Crippen LogP contribution is 2.36. The van der Waals surface area contributed by atoms with Gasteiger partial charge in [-0.2, -0.15) is 0 Å². The Labute approximate surface area is 182 Å². The molecule has 0 unspecified atom stereocenters. The molecule has 2 amide bonds. The van der Waals surface area contributed by atoms with E-state index in [0.717, 1.165) is 10.0 Å². The molecule has 4 rings (SSSR count). The number of ether oxygens (including phenoxy) is 1. The zero-order valence-corrected chi connectivity index (χ0v) is 17.7. The molecule has 1 aliphatic heterocycles. The summed E-state index contributed by atoms with van der Waals surface area (Å²) in [5.41, 5.74) is 2.51. The van der Waals surface area contributed by atoms with E-state index in [0.29, 0.717) is 17.0 Å². The quantitative estimate of drug-likeness (QED) is 0.553. The maximum Gasteiger partial charge on any atom is 0.278 e. The second-order valence-electron chi connectivity index (χ2n) is 6.64. The number of nitrogens with one attached hydrogen (secondary N) is 1. The predicted octanol–water partition coefficient (Wildman–Crippen LogP) is 4.24. The molecule has 3 aromatic rings. The minimum Gasteiger partial charge on any atom is -0.496 e. The van der Waals surface area contributed by atoms with E-state index in [1.165, 1.54) is 12.0 Å². The highest BCUT2D eigenvalue weighted by atomic mass is 79.9. The van der Waals surface area contributed by atoms with Gasteiger partial charge >= 0.3 is 0 Å². The molecule has 7 heteroatoms. The first-order valence-corrected chi connectivity index (χ1v) is 10.0. The molecule has 0 radical (unpaired) electrons. The third kappa shape index (κ3) is 3.84. The number of aromatic nitrogens is 1. The molecule has 1 aliphatic rings. The van der Waals surface area contributed by atoms with E-state index in [1.807, 2.05) is 42.5 Å². The summed E-state index contributed by atoms with van der Waals surface area (Å²) in [6, 6.07) is 18.2. The van der Waals surface area contributed by atoms with Crippen molar-refractivity contribution in [1.29, 1.82) is 0 Å². The highest BCUT2D eigenvalue weighted by Gasteiger charge is 2.40. The van der Waals surface area contributed by atoms with Crippen molar-refractivity contribution in [3.63, 3.8) is 0 Å². The van der Waals surface area contributed by atoms with E-state index in [9.17, 15) is 9.59 Å². The lowest BCUT2D eigenvalue weighted by Crippen LogP contribution is -2.32. The molecule has 150 valence electrons. The maximum atomic E-state index is 13.4. The lowest BCUT2D eigenvalue weighted by Gasteiger charge is -2.15. The molecule has 0 saturated carbocycles. The average Bonchev–Trinajstić information content (AvgIpc) is 2.98. The van der Waals surface area contributed by atoms with Gasteiger partial charge in [0.2, 0.25) is 0 Å². The lowest BCUT2D eigenvalue weighted by atomic mass is 10.0. The van der Waals surface area contributed by atoms with E-state index >= 15 is 0 Å². The molecule has 30 heavy (non-hydrogen) atoms. The second kappa shape index (κ2) is 8.51. The maximum absolute atomic E-state index is 13.4. The van der Waals surface area contributed by atoms with Gasteiger partial charge in [-0.3, -0.25) is 19.5 Å². The first kappa shape index (κ1) is 19.8. The van der Waals surface area contributed by atoms with E-state index in [1.54, 1.807) is 30.6 Å². The minimum absolute atomic E-state index is 0.133. The van der Waals surface area contributed by atoms with Crippen LogP contribution in [0.25, 0.3) is 5.57 Å². The fraction of sp³-hybridized carbons (Fsp3) is 0.0870. The minimum atomic E-state index is -0.398. The van der Waals surface area contributed by atoms with Gasteiger partial charge in [-0.05, 0) is 35.9 Å². The number of nitrogens with zero attached hydrogens (tertiary/aromatic N) is 2. The number of pyridine rings is 1. The summed E-state index contributed by atoms with van der Waals surface area (Å²) in [6.45, 7) is 0.133. The molecule has 0 aliphatic carbocycles. The fourth-order valence-corrected chi connectivity index (χ4v) is 3.72. The van der Waals surface area contributed by atoms with Crippen LogP contribution in [0, 0.1) is 0 Å². The van der Waals surface area contributed by atoms with Gasteiger partial charge in [0, 0.05) is 28.1 Å². The molecular formula is C23H18BrN3O3. The molecule has 6 nitrogen and oxygen atoms in total. The summed E-state index contributed by atoms with van der Waals surface area (Å²) in [5.74, 6) is -0.263. The third-order valence-electron chi connectivity index (χ3n) is 4.70. The van der Waals surface area contributed by atoms with Crippen LogP contribution in [0.5, 0.6) is 5.75 Å². The standard InChI is InChI=1S/C23H18BrN3O3/c1-30-19-10-3-2-9-18(19)20-21(26-17-8-4-7-16(24)12-17)23(29)27(22(20)28)14-15-6-5-11-25-13-15/h2-13,26H,14H2,1H3. The van der Waals surface area contributed by atoms with Gasteiger partial charge in [0.15, 0.2) is 0 Å². The number of anilines is 1. The first-order chi connectivity index (χ1) is 14.6. The molecule has 0 saturated heterocycles. The van der Waals surface area contributed by atoms with Crippen molar-refractivity contribution in [2.45, 2.75) is 6.54 Å². The van der Waals surface area contributed by atoms with Gasteiger partial charge in [0.25, 0.3) is 11.8 Å². The van der Waals surface area contributed by atoms with E-state index in [-0.39, 0.29) is 23.7 Å². The number of benzene rings is 2. The summed E-state index contributed by atoms with van der Waals surface area (Å²) in [5, 5.41) is 3.14. The number of carbonyl (C=O) groups is 2. The van der Waals surface area contributed by atoms with Crippen molar-refractivity contribution in [1.82, 2.24) is 9.88 Å². The predicted molar refractivity (Wildman–Crippen MR) is 117 cm³/mol. The molecular weight excluding hydrogens is 446 g/mol. The normalized spacial score (nSPS) is 13.7. The summed E-state index contributed by atoms with van der Waals surface area (Å²) in [7, 11) is 1.54. The topological polar surface area (TPSA) is 71.5 Å². The third-order valence-corrected chi connectivity index (χ3v) is 5.20. The van der Waals surface area contributed by atoms with E-state index < -0.39 is 5.91 Å². The Morgan fingerprint density at radius 1 is 1.03 bits per heavy atom. The van der Waals surface area contributed by atoms with Crippen molar-refractivity contribution in [3.05, 3.63) is 94.4 Å². The zero-order chi connectivity index (χ0) is 21.1. The second-order valence-corrected chi connectivity index (χ2v) is 7.56. The number of methoxy groups -OCH3 is 1. The van der Waals surface area contributed by atoms with Crippen LogP contribution in [-0.2, 0) is 16.1 Å². The zero-order valence-electron chi connectivity index (χ0n) is 16.1. The van der Waals surface area contributed by atoms with Crippen LogP contribution >= 0.6 is 15.9 Å². The number of para-hydroxylation sites is 1. The van der Waals surface area contributed by atoms with Crippen molar-refractivity contribution in [2.24, 2.45) is 0 Å². The molecule has 0 spiro atoms. The highest BCUT2D eigenvalue weighted by molar-refractivity contribution is 9.10. The summed E-state index contributed by atoms with van der Waals surface area (Å²) in [6.07, 6.45) is 3.29. The van der Waals surface area contributed by atoms with Crippen LogP contribution in [-0.4, -0.2) is 28.8 Å². The summed E-state index contributed by atoms with van der Waals surface area (Å²) >= 11 is 3.43. The number of amides is 2. The van der Waals surface area contributed by atoms with Crippen molar-refractivity contribution >= 4 is 39.0 Å². The number of hydrogen-bond donors (Lipinski definition) is 1. The monoisotopic (exact) mass is 463 g/mol. The Hall–Kier alpha value is -3.45. The molecule has 1 aromatic heterocycles. The Kier molecular flexibility index (Phi) is 5.63. The average molecular weight is 464 g/mol. The van der Waals surface area contributed by atoms with Gasteiger partial charge in [0.05, 0.1) is 19.2 Å². The van der Waals surface area contributed by atoms with Crippen LogP contribution < -0.4 is 10.1 Å². The van der Waals surface area contributed by atoms with Crippen molar-refractivity contribution in [2.75, 3.05) is 12.4 Å². The number of imide groups is 1. The molecule has 0 bridgehead atoms. The molecule has 2 aromatic carbocycles. The Bertz CT molecular complexity index is 1150. The van der Waals surface area contributed by atoms with E-state index in [2.05, 4.69) is 26.2 Å². The molecule has 1 N–H and O–H groups in total. The van der Waals surface area contributed by atoms with Gasteiger partial charge in [-0.1, -0.05) is 46.3 Å². The number of carbonyl (C=O) groups excluding carboxylic acids is 2. The smallest absolute Gasteiger partial charge is 0.278 e. The Balaban J connectivity index is 1.79. The lowest BCUT2D eigenvalue weighted by molar-refractivity contribution is -0.137. The number of hydrogen-bond acceptors (Lipinski definition) is 5. The molecule has 2 heterocycles. The van der Waals surface area contributed by atoms with Crippen molar-refractivity contribution < 1.29 is 14.3 Å². The SMILES string of the molecule is COc1ccccc1C1=C(Nc2cccc(Br)c2)C(=O)N(Cc2cccnc2)C1=O.